The highest BCUT2D eigenvalue weighted by Gasteiger charge is 2.09. The molecule has 3 rings (SSSR count). The number of rotatable bonds is 6. The van der Waals surface area contributed by atoms with E-state index < -0.39 is 0 Å². The fourth-order valence-corrected chi connectivity index (χ4v) is 2.84. The number of pyridine rings is 1. The standard InChI is InChI=1S/C20H21ClN4O/c1-14(16-6-4-7-17(21)13-16)24-20(26)23-12-11-22-19-10-9-15-5-2-3-8-18(15)25-19/h2-10,13-14H,11-12H2,1H3,(H,22,25)(H2,23,24,26). The van der Waals surface area contributed by atoms with Gasteiger partial charge in [0, 0.05) is 23.5 Å². The first-order chi connectivity index (χ1) is 12.6. The van der Waals surface area contributed by atoms with Crippen LogP contribution in [-0.2, 0) is 0 Å². The van der Waals surface area contributed by atoms with Crippen LogP contribution in [0.4, 0.5) is 10.6 Å². The summed E-state index contributed by atoms with van der Waals surface area (Å²) in [6, 6.07) is 19.0. The van der Waals surface area contributed by atoms with Crippen LogP contribution in [0, 0.1) is 0 Å². The zero-order chi connectivity index (χ0) is 18.4. The number of nitrogens with zero attached hydrogens (tertiary/aromatic N) is 1. The normalized spacial score (nSPS) is 11.8. The van der Waals surface area contributed by atoms with E-state index in [4.69, 9.17) is 11.6 Å². The third-order valence-electron chi connectivity index (χ3n) is 4.01. The molecule has 2 amide bonds. The molecule has 5 nitrogen and oxygen atoms in total. The van der Waals surface area contributed by atoms with Crippen molar-refractivity contribution in [2.75, 3.05) is 18.4 Å². The van der Waals surface area contributed by atoms with Crippen LogP contribution in [0.1, 0.15) is 18.5 Å². The maximum absolute atomic E-state index is 12.0. The minimum atomic E-state index is -0.217. The Kier molecular flexibility index (Phi) is 5.92. The Labute approximate surface area is 157 Å². The molecule has 0 spiro atoms. The first kappa shape index (κ1) is 18.0. The largest absolute Gasteiger partial charge is 0.368 e. The molecule has 3 N–H and O–H groups in total. The van der Waals surface area contributed by atoms with Gasteiger partial charge in [-0.15, -0.1) is 0 Å². The Morgan fingerprint density at radius 3 is 2.77 bits per heavy atom. The molecule has 1 heterocycles. The van der Waals surface area contributed by atoms with Crippen LogP contribution in [0.15, 0.2) is 60.7 Å². The third-order valence-corrected chi connectivity index (χ3v) is 4.25. The summed E-state index contributed by atoms with van der Waals surface area (Å²) in [6.07, 6.45) is 0. The summed E-state index contributed by atoms with van der Waals surface area (Å²) in [4.78, 5) is 16.5. The number of aromatic nitrogens is 1. The van der Waals surface area contributed by atoms with E-state index in [0.29, 0.717) is 18.1 Å². The van der Waals surface area contributed by atoms with E-state index in [0.717, 1.165) is 22.3 Å². The summed E-state index contributed by atoms with van der Waals surface area (Å²) in [7, 11) is 0. The lowest BCUT2D eigenvalue weighted by molar-refractivity contribution is 0.238. The van der Waals surface area contributed by atoms with Gasteiger partial charge in [0.1, 0.15) is 5.82 Å². The van der Waals surface area contributed by atoms with Crippen LogP contribution in [0.3, 0.4) is 0 Å². The number of anilines is 1. The SMILES string of the molecule is CC(NC(=O)NCCNc1ccc2ccccc2n1)c1cccc(Cl)c1. The van der Waals surface area contributed by atoms with Gasteiger partial charge in [-0.2, -0.15) is 0 Å². The van der Waals surface area contributed by atoms with E-state index in [-0.39, 0.29) is 12.1 Å². The van der Waals surface area contributed by atoms with Gasteiger partial charge in [-0.3, -0.25) is 0 Å². The molecule has 1 aromatic heterocycles. The topological polar surface area (TPSA) is 66.1 Å². The van der Waals surface area contributed by atoms with Gasteiger partial charge < -0.3 is 16.0 Å². The summed E-state index contributed by atoms with van der Waals surface area (Å²) < 4.78 is 0. The molecule has 0 bridgehead atoms. The fourth-order valence-electron chi connectivity index (χ4n) is 2.64. The van der Waals surface area contributed by atoms with E-state index in [1.54, 1.807) is 0 Å². The minimum absolute atomic E-state index is 0.121. The lowest BCUT2D eigenvalue weighted by atomic mass is 10.1. The molecule has 2 aromatic carbocycles. The monoisotopic (exact) mass is 368 g/mol. The fraction of sp³-hybridized carbons (Fsp3) is 0.200. The van der Waals surface area contributed by atoms with Crippen molar-refractivity contribution in [3.8, 4) is 0 Å². The molecule has 1 atom stereocenters. The van der Waals surface area contributed by atoms with E-state index in [1.165, 1.54) is 0 Å². The summed E-state index contributed by atoms with van der Waals surface area (Å²) in [5, 5.41) is 10.7. The quantitative estimate of drug-likeness (QED) is 0.566. The van der Waals surface area contributed by atoms with Crippen molar-refractivity contribution >= 4 is 34.4 Å². The highest BCUT2D eigenvalue weighted by molar-refractivity contribution is 6.30. The second-order valence-corrected chi connectivity index (χ2v) is 6.43. The van der Waals surface area contributed by atoms with Crippen molar-refractivity contribution in [1.82, 2.24) is 15.6 Å². The van der Waals surface area contributed by atoms with E-state index in [2.05, 4.69) is 20.9 Å². The number of amides is 2. The number of para-hydroxylation sites is 1. The Morgan fingerprint density at radius 2 is 1.92 bits per heavy atom. The van der Waals surface area contributed by atoms with Gasteiger partial charge in [-0.25, -0.2) is 9.78 Å². The summed E-state index contributed by atoms with van der Waals surface area (Å²) in [5.41, 5.74) is 1.91. The van der Waals surface area contributed by atoms with Crippen LogP contribution in [0.2, 0.25) is 5.02 Å². The molecule has 0 aliphatic heterocycles. The van der Waals surface area contributed by atoms with E-state index >= 15 is 0 Å². The number of fused-ring (bicyclic) bond motifs is 1. The third kappa shape index (κ3) is 4.86. The molecule has 1 unspecified atom stereocenters. The van der Waals surface area contributed by atoms with E-state index in [1.807, 2.05) is 67.6 Å². The van der Waals surface area contributed by atoms with Crippen LogP contribution >= 0.6 is 11.6 Å². The summed E-state index contributed by atoms with van der Waals surface area (Å²) in [6.45, 7) is 3.00. The average Bonchev–Trinajstić information content (AvgIpc) is 2.65. The number of carbonyl (C=O) groups excluding carboxylic acids is 1. The van der Waals surface area contributed by atoms with Gasteiger partial charge in [-0.1, -0.05) is 41.9 Å². The number of benzene rings is 2. The molecule has 0 aliphatic carbocycles. The van der Waals surface area contributed by atoms with Crippen molar-refractivity contribution in [2.45, 2.75) is 13.0 Å². The zero-order valence-corrected chi connectivity index (χ0v) is 15.3. The molecule has 3 aromatic rings. The van der Waals surface area contributed by atoms with Gasteiger partial charge in [0.05, 0.1) is 11.6 Å². The van der Waals surface area contributed by atoms with Crippen molar-refractivity contribution in [2.24, 2.45) is 0 Å². The molecule has 134 valence electrons. The summed E-state index contributed by atoms with van der Waals surface area (Å²) >= 11 is 5.98. The average molecular weight is 369 g/mol. The Hall–Kier alpha value is -2.79. The van der Waals surface area contributed by atoms with Crippen LogP contribution in [0.5, 0.6) is 0 Å². The predicted molar refractivity (Wildman–Crippen MR) is 107 cm³/mol. The number of halogens is 1. The predicted octanol–water partition coefficient (Wildman–Crippen LogP) is 4.36. The second kappa shape index (κ2) is 8.54. The van der Waals surface area contributed by atoms with E-state index in [9.17, 15) is 4.79 Å². The molecule has 6 heteroatoms. The maximum Gasteiger partial charge on any atom is 0.315 e. The molecule has 0 aliphatic rings. The second-order valence-electron chi connectivity index (χ2n) is 5.99. The molecule has 0 fully saturated rings. The smallest absolute Gasteiger partial charge is 0.315 e. The van der Waals surface area contributed by atoms with Crippen molar-refractivity contribution < 1.29 is 4.79 Å². The number of nitrogens with one attached hydrogen (secondary N) is 3. The molecule has 0 saturated heterocycles. The lowest BCUT2D eigenvalue weighted by Crippen LogP contribution is -2.39. The van der Waals surface area contributed by atoms with Gasteiger partial charge in [-0.05, 0) is 42.8 Å². The Morgan fingerprint density at radius 1 is 1.08 bits per heavy atom. The van der Waals surface area contributed by atoms with Crippen molar-refractivity contribution in [3.63, 3.8) is 0 Å². The first-order valence-corrected chi connectivity index (χ1v) is 8.89. The number of hydrogen-bond donors (Lipinski definition) is 3. The highest BCUT2D eigenvalue weighted by atomic mass is 35.5. The minimum Gasteiger partial charge on any atom is -0.368 e. The zero-order valence-electron chi connectivity index (χ0n) is 14.5. The van der Waals surface area contributed by atoms with Gasteiger partial charge in [0.15, 0.2) is 0 Å². The molecular formula is C20H21ClN4O. The van der Waals surface area contributed by atoms with Crippen molar-refractivity contribution in [1.29, 1.82) is 0 Å². The molecule has 0 radical (unpaired) electrons. The van der Waals surface area contributed by atoms with Crippen LogP contribution < -0.4 is 16.0 Å². The number of urea groups is 1. The van der Waals surface area contributed by atoms with Gasteiger partial charge >= 0.3 is 6.03 Å². The number of hydrogen-bond acceptors (Lipinski definition) is 3. The van der Waals surface area contributed by atoms with Crippen LogP contribution in [-0.4, -0.2) is 24.1 Å². The Bertz CT molecular complexity index is 900. The molecule has 0 saturated carbocycles. The Balaban J connectivity index is 1.43. The molecular weight excluding hydrogens is 348 g/mol. The summed E-state index contributed by atoms with van der Waals surface area (Å²) in [5.74, 6) is 0.790. The highest BCUT2D eigenvalue weighted by Crippen LogP contribution is 2.17. The van der Waals surface area contributed by atoms with Gasteiger partial charge in [0.25, 0.3) is 0 Å². The molecule has 26 heavy (non-hydrogen) atoms. The van der Waals surface area contributed by atoms with Gasteiger partial charge in [0.2, 0.25) is 0 Å². The lowest BCUT2D eigenvalue weighted by Gasteiger charge is -2.15. The first-order valence-electron chi connectivity index (χ1n) is 8.51. The number of carbonyl (C=O) groups is 1. The maximum atomic E-state index is 12.0. The van der Waals surface area contributed by atoms with Crippen molar-refractivity contribution in [3.05, 3.63) is 71.2 Å². The van der Waals surface area contributed by atoms with Crippen LogP contribution in [0.25, 0.3) is 10.9 Å².